The van der Waals surface area contributed by atoms with Crippen molar-refractivity contribution >= 4 is 29.4 Å². The highest BCUT2D eigenvalue weighted by atomic mass is 16.5. The second kappa shape index (κ2) is 8.52. The largest absolute Gasteiger partial charge is 0.495 e. The first-order chi connectivity index (χ1) is 12.7. The van der Waals surface area contributed by atoms with Crippen LogP contribution in [0.3, 0.4) is 0 Å². The number of aliphatic carboxylic acids is 2. The summed E-state index contributed by atoms with van der Waals surface area (Å²) in [5.74, 6) is -3.55. The fourth-order valence-electron chi connectivity index (χ4n) is 2.94. The molecule has 0 bridgehead atoms. The number of nitrogens with zero attached hydrogens (tertiary/aromatic N) is 1. The quantitative estimate of drug-likeness (QED) is 0.609. The minimum Gasteiger partial charge on any atom is -0.495 e. The Bertz CT molecular complexity index is 762. The Morgan fingerprint density at radius 3 is 2.63 bits per heavy atom. The SMILES string of the molecule is COc1ccc(C)cc1N1CC(C(=O)NC(CCC(=O)O)C(=O)O)CC1=O. The summed E-state index contributed by atoms with van der Waals surface area (Å²) >= 11 is 0. The maximum atomic E-state index is 12.4. The number of carboxylic acids is 2. The van der Waals surface area contributed by atoms with Crippen molar-refractivity contribution in [3.63, 3.8) is 0 Å². The summed E-state index contributed by atoms with van der Waals surface area (Å²) in [5, 5.41) is 20.2. The van der Waals surface area contributed by atoms with E-state index in [1.54, 1.807) is 12.1 Å². The Morgan fingerprint density at radius 2 is 2.04 bits per heavy atom. The fraction of sp³-hybridized carbons (Fsp3) is 0.444. The number of benzene rings is 1. The number of carbonyl (C=O) groups is 4. The molecule has 2 rings (SSSR count). The highest BCUT2D eigenvalue weighted by molar-refractivity contribution is 6.01. The Hall–Kier alpha value is -3.10. The lowest BCUT2D eigenvalue weighted by atomic mass is 10.1. The Kier molecular flexibility index (Phi) is 6.38. The van der Waals surface area contributed by atoms with Crippen LogP contribution >= 0.6 is 0 Å². The van der Waals surface area contributed by atoms with Gasteiger partial charge in [0.1, 0.15) is 11.8 Å². The van der Waals surface area contributed by atoms with Gasteiger partial charge in [0.15, 0.2) is 0 Å². The zero-order chi connectivity index (χ0) is 20.1. The van der Waals surface area contributed by atoms with Crippen molar-refractivity contribution in [2.75, 3.05) is 18.6 Å². The number of carbonyl (C=O) groups excluding carboxylic acids is 2. The number of hydrogen-bond donors (Lipinski definition) is 3. The van der Waals surface area contributed by atoms with E-state index in [0.717, 1.165) is 5.56 Å². The molecule has 1 saturated heterocycles. The van der Waals surface area contributed by atoms with Gasteiger partial charge in [-0.1, -0.05) is 6.07 Å². The molecule has 1 fully saturated rings. The predicted octanol–water partition coefficient (Wildman–Crippen LogP) is 0.791. The smallest absolute Gasteiger partial charge is 0.326 e. The van der Waals surface area contributed by atoms with Crippen LogP contribution in [0.1, 0.15) is 24.8 Å². The van der Waals surface area contributed by atoms with Gasteiger partial charge < -0.3 is 25.2 Å². The molecule has 1 aromatic carbocycles. The summed E-state index contributed by atoms with van der Waals surface area (Å²) in [4.78, 5) is 48.1. The topological polar surface area (TPSA) is 133 Å². The molecule has 1 heterocycles. The molecule has 9 heteroatoms. The number of nitrogens with one attached hydrogen (secondary N) is 1. The first-order valence-corrected chi connectivity index (χ1v) is 8.43. The van der Waals surface area contributed by atoms with Gasteiger partial charge in [-0.15, -0.1) is 0 Å². The molecule has 0 saturated carbocycles. The molecule has 27 heavy (non-hydrogen) atoms. The average Bonchev–Trinajstić information content (AvgIpc) is 2.99. The van der Waals surface area contributed by atoms with E-state index < -0.39 is 29.8 Å². The number of amides is 2. The molecule has 0 spiro atoms. The molecule has 0 aliphatic carbocycles. The van der Waals surface area contributed by atoms with Crippen LogP contribution < -0.4 is 15.0 Å². The van der Waals surface area contributed by atoms with E-state index in [1.807, 2.05) is 13.0 Å². The Labute approximate surface area is 155 Å². The Balaban J connectivity index is 2.10. The third kappa shape index (κ3) is 4.96. The van der Waals surface area contributed by atoms with Crippen LogP contribution in [0.2, 0.25) is 0 Å². The van der Waals surface area contributed by atoms with Gasteiger partial charge >= 0.3 is 11.9 Å². The molecular formula is C18H22N2O7. The molecule has 1 aliphatic rings. The zero-order valence-electron chi connectivity index (χ0n) is 15.1. The molecule has 1 aromatic rings. The van der Waals surface area contributed by atoms with E-state index in [1.165, 1.54) is 12.0 Å². The van der Waals surface area contributed by atoms with Gasteiger partial charge in [-0.3, -0.25) is 14.4 Å². The van der Waals surface area contributed by atoms with E-state index >= 15 is 0 Å². The zero-order valence-corrected chi connectivity index (χ0v) is 15.1. The summed E-state index contributed by atoms with van der Waals surface area (Å²) in [7, 11) is 1.48. The maximum absolute atomic E-state index is 12.4. The van der Waals surface area contributed by atoms with Crippen molar-refractivity contribution in [3.8, 4) is 5.75 Å². The highest BCUT2D eigenvalue weighted by Gasteiger charge is 2.37. The van der Waals surface area contributed by atoms with Crippen LogP contribution in [0, 0.1) is 12.8 Å². The normalized spacial score (nSPS) is 17.5. The van der Waals surface area contributed by atoms with Crippen LogP contribution in [0.25, 0.3) is 0 Å². The lowest BCUT2D eigenvalue weighted by molar-refractivity contribution is -0.143. The molecule has 9 nitrogen and oxygen atoms in total. The molecule has 146 valence electrons. The molecule has 3 N–H and O–H groups in total. The van der Waals surface area contributed by atoms with E-state index in [9.17, 15) is 19.2 Å². The van der Waals surface area contributed by atoms with Gasteiger partial charge in [0, 0.05) is 19.4 Å². The Morgan fingerprint density at radius 1 is 1.33 bits per heavy atom. The average molecular weight is 378 g/mol. The van der Waals surface area contributed by atoms with E-state index in [2.05, 4.69) is 5.32 Å². The number of methoxy groups -OCH3 is 1. The molecule has 2 unspecified atom stereocenters. The van der Waals surface area contributed by atoms with E-state index in [-0.39, 0.29) is 31.7 Å². The molecule has 2 amide bonds. The third-order valence-corrected chi connectivity index (χ3v) is 4.38. The number of anilines is 1. The van der Waals surface area contributed by atoms with Crippen molar-refractivity contribution in [1.82, 2.24) is 5.32 Å². The molecular weight excluding hydrogens is 356 g/mol. The van der Waals surface area contributed by atoms with Gasteiger partial charge in [-0.05, 0) is 31.0 Å². The maximum Gasteiger partial charge on any atom is 0.326 e. The summed E-state index contributed by atoms with van der Waals surface area (Å²) < 4.78 is 5.28. The monoisotopic (exact) mass is 378 g/mol. The highest BCUT2D eigenvalue weighted by Crippen LogP contribution is 2.34. The van der Waals surface area contributed by atoms with Gasteiger partial charge in [-0.2, -0.15) is 0 Å². The minimum atomic E-state index is -1.31. The minimum absolute atomic E-state index is 0.0613. The first kappa shape index (κ1) is 20.2. The van der Waals surface area contributed by atoms with Crippen LogP contribution in [0.4, 0.5) is 5.69 Å². The summed E-state index contributed by atoms with van der Waals surface area (Å²) in [6.07, 6.45) is -0.672. The van der Waals surface area contributed by atoms with Crippen molar-refractivity contribution in [2.45, 2.75) is 32.2 Å². The number of carboxylic acid groups (broad SMARTS) is 2. The van der Waals surface area contributed by atoms with Crippen molar-refractivity contribution in [3.05, 3.63) is 23.8 Å². The van der Waals surface area contributed by atoms with Crippen LogP contribution in [0.5, 0.6) is 5.75 Å². The summed E-state index contributed by atoms with van der Waals surface area (Å²) in [6, 6.07) is 4.04. The van der Waals surface area contributed by atoms with Crippen molar-refractivity contribution in [2.24, 2.45) is 5.92 Å². The van der Waals surface area contributed by atoms with Crippen LogP contribution in [-0.4, -0.2) is 53.7 Å². The lowest BCUT2D eigenvalue weighted by Gasteiger charge is -2.20. The van der Waals surface area contributed by atoms with E-state index in [0.29, 0.717) is 11.4 Å². The van der Waals surface area contributed by atoms with Gasteiger partial charge in [0.25, 0.3) is 0 Å². The number of hydrogen-bond acceptors (Lipinski definition) is 5. The molecule has 0 aromatic heterocycles. The molecule has 0 radical (unpaired) electrons. The van der Waals surface area contributed by atoms with E-state index in [4.69, 9.17) is 14.9 Å². The number of aryl methyl sites for hydroxylation is 1. The standard InChI is InChI=1S/C18H22N2O7/c1-10-3-5-14(27-2)13(7-10)20-9-11(8-15(20)21)17(24)19-12(18(25)26)4-6-16(22)23/h3,5,7,11-12H,4,6,8-9H2,1-2H3,(H,19,24)(H,22,23)(H,25,26). The molecule has 1 aliphatic heterocycles. The summed E-state index contributed by atoms with van der Waals surface area (Å²) in [6.45, 7) is 1.96. The molecule has 2 atom stereocenters. The van der Waals surface area contributed by atoms with Gasteiger partial charge in [0.05, 0.1) is 18.7 Å². The first-order valence-electron chi connectivity index (χ1n) is 8.43. The lowest BCUT2D eigenvalue weighted by Crippen LogP contribution is -2.44. The van der Waals surface area contributed by atoms with Crippen LogP contribution in [0.15, 0.2) is 18.2 Å². The number of rotatable bonds is 8. The van der Waals surface area contributed by atoms with Crippen LogP contribution in [-0.2, 0) is 19.2 Å². The summed E-state index contributed by atoms with van der Waals surface area (Å²) in [5.41, 5.74) is 1.48. The van der Waals surface area contributed by atoms with Crippen molar-refractivity contribution in [1.29, 1.82) is 0 Å². The second-order valence-electron chi connectivity index (χ2n) is 6.41. The van der Waals surface area contributed by atoms with Gasteiger partial charge in [-0.25, -0.2) is 4.79 Å². The second-order valence-corrected chi connectivity index (χ2v) is 6.41. The predicted molar refractivity (Wildman–Crippen MR) is 94.6 cm³/mol. The fourth-order valence-corrected chi connectivity index (χ4v) is 2.94. The van der Waals surface area contributed by atoms with Crippen molar-refractivity contribution < 1.29 is 34.1 Å². The third-order valence-electron chi connectivity index (χ3n) is 4.38. The van der Waals surface area contributed by atoms with Gasteiger partial charge in [0.2, 0.25) is 11.8 Å². The number of ether oxygens (including phenoxy) is 1.